The third kappa shape index (κ3) is 5.16. The molecular formula is C18H19N5O5. The Kier molecular flexibility index (Phi) is 6.00. The number of rotatable bonds is 7. The first-order valence-electron chi connectivity index (χ1n) is 8.66. The van der Waals surface area contributed by atoms with E-state index >= 15 is 0 Å². The first-order valence-corrected chi connectivity index (χ1v) is 8.66. The summed E-state index contributed by atoms with van der Waals surface area (Å²) in [5.41, 5.74) is 0.525. The van der Waals surface area contributed by atoms with Crippen LogP contribution in [0.5, 0.6) is 5.75 Å². The average molecular weight is 385 g/mol. The summed E-state index contributed by atoms with van der Waals surface area (Å²) >= 11 is 0. The molecular weight excluding hydrogens is 366 g/mol. The summed E-state index contributed by atoms with van der Waals surface area (Å²) in [6.45, 7) is 1.66. The van der Waals surface area contributed by atoms with Crippen LogP contribution in [0, 0.1) is 10.1 Å². The lowest BCUT2D eigenvalue weighted by molar-refractivity contribution is -0.384. The van der Waals surface area contributed by atoms with E-state index in [9.17, 15) is 19.7 Å². The van der Waals surface area contributed by atoms with Gasteiger partial charge in [0.2, 0.25) is 11.8 Å². The fraction of sp³-hybridized carbons (Fsp3) is 0.278. The summed E-state index contributed by atoms with van der Waals surface area (Å²) in [6.07, 6.45) is 1.65. The molecule has 2 N–H and O–H groups in total. The second-order valence-electron chi connectivity index (χ2n) is 6.07. The summed E-state index contributed by atoms with van der Waals surface area (Å²) in [6, 6.07) is 9.13. The fourth-order valence-electron chi connectivity index (χ4n) is 2.63. The van der Waals surface area contributed by atoms with Crippen molar-refractivity contribution in [2.45, 2.75) is 6.42 Å². The van der Waals surface area contributed by atoms with Crippen LogP contribution in [0.4, 0.5) is 17.2 Å². The number of amides is 2. The van der Waals surface area contributed by atoms with Gasteiger partial charge < -0.3 is 20.3 Å². The lowest BCUT2D eigenvalue weighted by Gasteiger charge is -2.27. The number of nitrogens with one attached hydrogen (secondary N) is 2. The van der Waals surface area contributed by atoms with Crippen molar-refractivity contribution in [1.82, 2.24) is 10.3 Å². The number of carbonyl (C=O) groups is 2. The lowest BCUT2D eigenvalue weighted by atomic mass is 10.3. The zero-order valence-corrected chi connectivity index (χ0v) is 15.0. The van der Waals surface area contributed by atoms with E-state index in [1.807, 2.05) is 4.90 Å². The van der Waals surface area contributed by atoms with Gasteiger partial charge in [-0.25, -0.2) is 4.98 Å². The lowest BCUT2D eigenvalue weighted by Crippen LogP contribution is -2.48. The molecule has 0 saturated carbocycles. The van der Waals surface area contributed by atoms with Gasteiger partial charge in [0.05, 0.1) is 36.4 Å². The van der Waals surface area contributed by atoms with E-state index in [0.717, 1.165) is 0 Å². The Balaban J connectivity index is 1.44. The molecule has 2 heterocycles. The van der Waals surface area contributed by atoms with Crippen molar-refractivity contribution in [2.75, 3.05) is 36.5 Å². The molecule has 1 saturated heterocycles. The molecule has 1 aliphatic rings. The Morgan fingerprint density at radius 1 is 1.29 bits per heavy atom. The van der Waals surface area contributed by atoms with Crippen LogP contribution < -0.4 is 20.3 Å². The maximum absolute atomic E-state index is 12.0. The molecule has 1 aliphatic heterocycles. The van der Waals surface area contributed by atoms with Crippen LogP contribution in [-0.2, 0) is 9.59 Å². The molecule has 10 heteroatoms. The maximum Gasteiger partial charge on any atom is 0.269 e. The predicted octanol–water partition coefficient (Wildman–Crippen LogP) is 1.33. The molecule has 0 atom stereocenters. The minimum Gasteiger partial charge on any atom is -0.493 e. The zero-order chi connectivity index (χ0) is 19.9. The first kappa shape index (κ1) is 19.1. The van der Waals surface area contributed by atoms with Gasteiger partial charge in [0.15, 0.2) is 0 Å². The van der Waals surface area contributed by atoms with Crippen LogP contribution in [0.25, 0.3) is 0 Å². The number of non-ortho nitro benzene ring substituents is 1. The number of aromatic nitrogens is 1. The topological polar surface area (TPSA) is 127 Å². The number of hydrogen-bond donors (Lipinski definition) is 2. The maximum atomic E-state index is 12.0. The summed E-state index contributed by atoms with van der Waals surface area (Å²) in [5.74, 6) is 0.844. The van der Waals surface area contributed by atoms with Crippen molar-refractivity contribution < 1.29 is 19.2 Å². The molecule has 0 bridgehead atoms. The Bertz CT molecular complexity index is 854. The van der Waals surface area contributed by atoms with E-state index in [1.165, 1.54) is 30.5 Å². The third-order valence-corrected chi connectivity index (χ3v) is 4.04. The van der Waals surface area contributed by atoms with Crippen LogP contribution >= 0.6 is 0 Å². The van der Waals surface area contributed by atoms with Gasteiger partial charge in [-0.3, -0.25) is 19.7 Å². The number of pyridine rings is 1. The molecule has 28 heavy (non-hydrogen) atoms. The number of carbonyl (C=O) groups excluding carboxylic acids is 2. The Morgan fingerprint density at radius 3 is 2.71 bits per heavy atom. The van der Waals surface area contributed by atoms with Crippen molar-refractivity contribution in [3.8, 4) is 5.75 Å². The SMILES string of the molecule is O=C1CN(c2ccc(NC(=O)CCOc3ccc([N+](=O)[O-])cc3)cn2)CCN1. The second kappa shape index (κ2) is 8.80. The minimum absolute atomic E-state index is 0.0220. The quantitative estimate of drug-likeness (QED) is 0.544. The highest BCUT2D eigenvalue weighted by Crippen LogP contribution is 2.18. The molecule has 2 aromatic rings. The molecule has 0 unspecified atom stereocenters. The van der Waals surface area contributed by atoms with E-state index in [4.69, 9.17) is 4.74 Å². The van der Waals surface area contributed by atoms with Gasteiger partial charge in [-0.15, -0.1) is 0 Å². The summed E-state index contributed by atoms with van der Waals surface area (Å²) in [7, 11) is 0. The third-order valence-electron chi connectivity index (χ3n) is 4.04. The number of nitro groups is 1. The van der Waals surface area contributed by atoms with Gasteiger partial charge in [0.25, 0.3) is 5.69 Å². The normalized spacial score (nSPS) is 13.6. The molecule has 146 valence electrons. The molecule has 0 radical (unpaired) electrons. The Morgan fingerprint density at radius 2 is 2.07 bits per heavy atom. The van der Waals surface area contributed by atoms with Crippen LogP contribution in [0.3, 0.4) is 0 Å². The van der Waals surface area contributed by atoms with E-state index in [1.54, 1.807) is 12.1 Å². The van der Waals surface area contributed by atoms with Gasteiger partial charge in [0.1, 0.15) is 11.6 Å². The second-order valence-corrected chi connectivity index (χ2v) is 6.07. The highest BCUT2D eigenvalue weighted by Gasteiger charge is 2.17. The molecule has 3 rings (SSSR count). The van der Waals surface area contributed by atoms with E-state index in [0.29, 0.717) is 30.3 Å². The molecule has 0 aliphatic carbocycles. The number of ether oxygens (including phenoxy) is 1. The first-order chi connectivity index (χ1) is 13.5. The van der Waals surface area contributed by atoms with Crippen molar-refractivity contribution in [2.24, 2.45) is 0 Å². The summed E-state index contributed by atoms with van der Waals surface area (Å²) in [5, 5.41) is 16.1. The number of nitrogens with zero attached hydrogens (tertiary/aromatic N) is 3. The largest absolute Gasteiger partial charge is 0.493 e. The van der Waals surface area contributed by atoms with E-state index < -0.39 is 4.92 Å². The number of benzene rings is 1. The standard InChI is InChI=1S/C18H19N5O5/c24-17(7-10-28-15-4-2-14(3-5-15)23(26)27)21-13-1-6-16(20-11-13)22-9-8-19-18(25)12-22/h1-6,11H,7-10,12H2,(H,19,25)(H,21,24). The highest BCUT2D eigenvalue weighted by atomic mass is 16.6. The molecule has 2 amide bonds. The monoisotopic (exact) mass is 385 g/mol. The molecule has 1 aromatic heterocycles. The number of nitro benzene ring substituents is 1. The number of hydrogen-bond acceptors (Lipinski definition) is 7. The minimum atomic E-state index is -0.490. The van der Waals surface area contributed by atoms with Crippen molar-refractivity contribution in [3.05, 3.63) is 52.7 Å². The highest BCUT2D eigenvalue weighted by molar-refractivity contribution is 5.90. The van der Waals surface area contributed by atoms with Crippen LogP contribution in [0.1, 0.15) is 6.42 Å². The molecule has 1 aromatic carbocycles. The Labute approximate surface area is 160 Å². The number of piperazine rings is 1. The van der Waals surface area contributed by atoms with Crippen molar-refractivity contribution >= 4 is 29.0 Å². The number of anilines is 2. The summed E-state index contributed by atoms with van der Waals surface area (Å²) < 4.78 is 5.41. The zero-order valence-electron chi connectivity index (χ0n) is 15.0. The van der Waals surface area contributed by atoms with Crippen LogP contribution in [0.15, 0.2) is 42.6 Å². The fourth-order valence-corrected chi connectivity index (χ4v) is 2.63. The van der Waals surface area contributed by atoms with Gasteiger partial charge in [-0.05, 0) is 24.3 Å². The Hall–Kier alpha value is -3.69. The molecule has 1 fully saturated rings. The van der Waals surface area contributed by atoms with Gasteiger partial charge in [-0.1, -0.05) is 0 Å². The smallest absolute Gasteiger partial charge is 0.269 e. The average Bonchev–Trinajstić information content (AvgIpc) is 2.69. The molecule has 0 spiro atoms. The van der Waals surface area contributed by atoms with E-state index in [2.05, 4.69) is 15.6 Å². The van der Waals surface area contributed by atoms with Gasteiger partial charge in [0, 0.05) is 25.2 Å². The van der Waals surface area contributed by atoms with E-state index in [-0.39, 0.29) is 37.1 Å². The summed E-state index contributed by atoms with van der Waals surface area (Å²) in [4.78, 5) is 39.7. The van der Waals surface area contributed by atoms with Crippen molar-refractivity contribution in [1.29, 1.82) is 0 Å². The van der Waals surface area contributed by atoms with Crippen molar-refractivity contribution in [3.63, 3.8) is 0 Å². The van der Waals surface area contributed by atoms with Gasteiger partial charge >= 0.3 is 0 Å². The van der Waals surface area contributed by atoms with Crippen LogP contribution in [-0.4, -0.2) is 48.0 Å². The molecule has 10 nitrogen and oxygen atoms in total. The predicted molar refractivity (Wildman–Crippen MR) is 101 cm³/mol. The van der Waals surface area contributed by atoms with Crippen LogP contribution in [0.2, 0.25) is 0 Å². The van der Waals surface area contributed by atoms with Gasteiger partial charge in [-0.2, -0.15) is 0 Å².